The number of thioether (sulfide) groups is 1. The van der Waals surface area contributed by atoms with E-state index in [0.29, 0.717) is 6.42 Å². The molecule has 1 saturated heterocycles. The van der Waals surface area contributed by atoms with E-state index >= 15 is 0 Å². The molecule has 1 aliphatic heterocycles. The summed E-state index contributed by atoms with van der Waals surface area (Å²) in [4.78, 5) is 36.4. The summed E-state index contributed by atoms with van der Waals surface area (Å²) in [5.74, 6) is -1.08. The molecule has 10 heteroatoms. The third-order valence-electron chi connectivity index (χ3n) is 3.56. The van der Waals surface area contributed by atoms with Gasteiger partial charge in [0, 0.05) is 6.42 Å². The highest BCUT2D eigenvalue weighted by Crippen LogP contribution is 2.42. The highest BCUT2D eigenvalue weighted by atomic mass is 32.2. The third-order valence-corrected chi connectivity index (χ3v) is 5.10. The second-order valence-corrected chi connectivity index (χ2v) is 6.72. The first kappa shape index (κ1) is 18.5. The third kappa shape index (κ3) is 4.38. The van der Waals surface area contributed by atoms with Gasteiger partial charge in [-0.05, 0) is 6.42 Å². The van der Waals surface area contributed by atoms with Crippen molar-refractivity contribution < 1.29 is 23.8 Å². The summed E-state index contributed by atoms with van der Waals surface area (Å²) in [5.41, 5.74) is -1.85. The number of aliphatic hydroxyl groups excluding tert-OH is 1. The van der Waals surface area contributed by atoms with Crippen LogP contribution in [0.25, 0.3) is 0 Å². The van der Waals surface area contributed by atoms with Crippen LogP contribution >= 0.6 is 11.8 Å². The normalized spacial score (nSPS) is 23.2. The monoisotopic (exact) mass is 362 g/mol. The summed E-state index contributed by atoms with van der Waals surface area (Å²) < 4.78 is 24.5. The number of ether oxygens (including phenoxy) is 2. The number of nitrogens with zero attached hydrogens (tertiary/aromatic N) is 1. The van der Waals surface area contributed by atoms with Crippen LogP contribution in [0.4, 0.5) is 9.18 Å². The van der Waals surface area contributed by atoms with Crippen LogP contribution in [-0.4, -0.2) is 45.4 Å². The molecule has 1 aromatic rings. The first-order valence-corrected chi connectivity index (χ1v) is 8.51. The number of unbranched alkanes of at least 4 members (excludes halogenated alkanes) is 1. The van der Waals surface area contributed by atoms with Gasteiger partial charge in [0.2, 0.25) is 5.82 Å². The van der Waals surface area contributed by atoms with Crippen molar-refractivity contribution in [3.8, 4) is 0 Å². The molecule has 0 unspecified atom stereocenters. The van der Waals surface area contributed by atoms with Crippen molar-refractivity contribution in [2.45, 2.75) is 42.9 Å². The number of aromatic amines is 1. The summed E-state index contributed by atoms with van der Waals surface area (Å²) in [6.45, 7) is 1.91. The average molecular weight is 362 g/mol. The van der Waals surface area contributed by atoms with Crippen LogP contribution in [0.1, 0.15) is 31.6 Å². The van der Waals surface area contributed by atoms with Gasteiger partial charge in [0.1, 0.15) is 6.10 Å². The Balaban J connectivity index is 2.06. The van der Waals surface area contributed by atoms with Crippen molar-refractivity contribution in [1.82, 2.24) is 9.55 Å². The molecule has 134 valence electrons. The second kappa shape index (κ2) is 8.34. The molecule has 1 fully saturated rings. The van der Waals surface area contributed by atoms with E-state index in [0.717, 1.165) is 28.9 Å². The summed E-state index contributed by atoms with van der Waals surface area (Å²) in [6.07, 6.45) is 1.06. The number of H-pyrrole nitrogens is 1. The number of hydrogen-bond donors (Lipinski definition) is 2. The largest absolute Gasteiger partial charge is 0.508 e. The van der Waals surface area contributed by atoms with Crippen LogP contribution in [0.15, 0.2) is 15.8 Å². The highest BCUT2D eigenvalue weighted by molar-refractivity contribution is 8.00. The molecule has 0 radical (unpaired) electrons. The molecule has 0 amide bonds. The number of carbonyl (C=O) groups excluding carboxylic acids is 1. The summed E-state index contributed by atoms with van der Waals surface area (Å²) in [5, 5.41) is 8.37. The Labute approximate surface area is 141 Å². The smallest absolute Gasteiger partial charge is 0.434 e. The fraction of sp³-hybridized carbons (Fsp3) is 0.643. The zero-order chi connectivity index (χ0) is 17.7. The maximum absolute atomic E-state index is 13.4. The number of carbonyl (C=O) groups is 1. The van der Waals surface area contributed by atoms with E-state index in [1.54, 1.807) is 0 Å². The van der Waals surface area contributed by atoms with Gasteiger partial charge >= 0.3 is 11.8 Å². The van der Waals surface area contributed by atoms with Crippen molar-refractivity contribution in [3.05, 3.63) is 32.9 Å². The minimum Gasteiger partial charge on any atom is -0.434 e. The molecule has 1 aliphatic rings. The minimum absolute atomic E-state index is 0.185. The Hall–Kier alpha value is -1.81. The van der Waals surface area contributed by atoms with Gasteiger partial charge in [0.05, 0.1) is 30.0 Å². The van der Waals surface area contributed by atoms with E-state index in [9.17, 15) is 23.9 Å². The summed E-state index contributed by atoms with van der Waals surface area (Å²) in [7, 11) is 0. The Kier molecular flexibility index (Phi) is 6.44. The van der Waals surface area contributed by atoms with E-state index in [1.807, 2.05) is 11.9 Å². The standard InChI is InChI=1S/C14H19FN2O6S/c1-2-3-4-22-14(21)23-9-5-11(24-10(9)7-18)17-6-8(15)12(19)16-13(17)20/h6,9-11,18H,2-5,7H2,1H3,(H,16,19,20)/t9-,10+,11+/m0/s1. The molecule has 0 aliphatic carbocycles. The van der Waals surface area contributed by atoms with E-state index in [1.165, 1.54) is 0 Å². The van der Waals surface area contributed by atoms with Crippen molar-refractivity contribution in [2.24, 2.45) is 0 Å². The summed E-state index contributed by atoms with van der Waals surface area (Å²) in [6, 6.07) is 0. The van der Waals surface area contributed by atoms with Crippen molar-refractivity contribution in [2.75, 3.05) is 13.2 Å². The van der Waals surface area contributed by atoms with Gasteiger partial charge in [0.25, 0.3) is 5.56 Å². The lowest BCUT2D eigenvalue weighted by Crippen LogP contribution is -2.33. The number of aliphatic hydroxyl groups is 1. The summed E-state index contributed by atoms with van der Waals surface area (Å²) >= 11 is 1.16. The van der Waals surface area contributed by atoms with E-state index < -0.39 is 39.9 Å². The number of halogens is 1. The molecular weight excluding hydrogens is 343 g/mol. The maximum atomic E-state index is 13.4. The lowest BCUT2D eigenvalue weighted by Gasteiger charge is -2.16. The van der Waals surface area contributed by atoms with Gasteiger partial charge in [-0.2, -0.15) is 4.39 Å². The molecule has 2 N–H and O–H groups in total. The van der Waals surface area contributed by atoms with Crippen LogP contribution in [0.3, 0.4) is 0 Å². The van der Waals surface area contributed by atoms with E-state index in [-0.39, 0.29) is 19.6 Å². The number of nitrogens with one attached hydrogen (secondary N) is 1. The van der Waals surface area contributed by atoms with Gasteiger partial charge in [-0.1, -0.05) is 13.3 Å². The molecule has 3 atom stereocenters. The Morgan fingerprint density at radius 1 is 1.54 bits per heavy atom. The topological polar surface area (TPSA) is 111 Å². The zero-order valence-electron chi connectivity index (χ0n) is 13.1. The Morgan fingerprint density at radius 3 is 2.96 bits per heavy atom. The average Bonchev–Trinajstić information content (AvgIpc) is 2.93. The van der Waals surface area contributed by atoms with Crippen LogP contribution in [0.5, 0.6) is 0 Å². The molecule has 2 heterocycles. The molecule has 0 aromatic carbocycles. The van der Waals surface area contributed by atoms with Crippen molar-refractivity contribution in [1.29, 1.82) is 0 Å². The lowest BCUT2D eigenvalue weighted by atomic mass is 10.2. The van der Waals surface area contributed by atoms with Gasteiger partial charge in [-0.3, -0.25) is 14.3 Å². The zero-order valence-corrected chi connectivity index (χ0v) is 13.9. The predicted octanol–water partition coefficient (Wildman–Crippen LogP) is 0.994. The fourth-order valence-electron chi connectivity index (χ4n) is 2.29. The lowest BCUT2D eigenvalue weighted by molar-refractivity contribution is 0.0165. The fourth-order valence-corrected chi connectivity index (χ4v) is 3.71. The van der Waals surface area contributed by atoms with Crippen LogP contribution in [0, 0.1) is 5.82 Å². The minimum atomic E-state index is -1.09. The predicted molar refractivity (Wildman–Crippen MR) is 84.5 cm³/mol. The van der Waals surface area contributed by atoms with Crippen LogP contribution in [-0.2, 0) is 9.47 Å². The first-order valence-electron chi connectivity index (χ1n) is 7.57. The SMILES string of the molecule is CCCCOC(=O)O[C@H]1C[C@H](n2cc(F)c(=O)[nH]c2=O)S[C@@H]1CO. The van der Waals surface area contributed by atoms with Crippen LogP contribution < -0.4 is 11.2 Å². The Morgan fingerprint density at radius 2 is 2.29 bits per heavy atom. The molecule has 2 rings (SSSR count). The van der Waals surface area contributed by atoms with E-state index in [2.05, 4.69) is 0 Å². The van der Waals surface area contributed by atoms with Gasteiger partial charge in [0.15, 0.2) is 0 Å². The van der Waals surface area contributed by atoms with Gasteiger partial charge in [-0.15, -0.1) is 11.8 Å². The van der Waals surface area contributed by atoms with Crippen LogP contribution in [0.2, 0.25) is 0 Å². The highest BCUT2D eigenvalue weighted by Gasteiger charge is 2.39. The van der Waals surface area contributed by atoms with Gasteiger partial charge < -0.3 is 14.6 Å². The second-order valence-electron chi connectivity index (χ2n) is 5.30. The molecule has 0 bridgehead atoms. The first-order chi connectivity index (χ1) is 11.5. The van der Waals surface area contributed by atoms with Gasteiger partial charge in [-0.25, -0.2) is 9.59 Å². The molecule has 8 nitrogen and oxygen atoms in total. The van der Waals surface area contributed by atoms with E-state index in [4.69, 9.17) is 9.47 Å². The number of hydrogen-bond acceptors (Lipinski definition) is 7. The molecule has 24 heavy (non-hydrogen) atoms. The Bertz CT molecular complexity index is 691. The molecule has 0 spiro atoms. The molecular formula is C14H19FN2O6S. The number of rotatable bonds is 6. The molecule has 0 saturated carbocycles. The molecule has 1 aromatic heterocycles. The number of aromatic nitrogens is 2. The van der Waals surface area contributed by atoms with Crippen molar-refractivity contribution >= 4 is 17.9 Å². The van der Waals surface area contributed by atoms with Crippen molar-refractivity contribution in [3.63, 3.8) is 0 Å². The maximum Gasteiger partial charge on any atom is 0.508 e. The quantitative estimate of drug-likeness (QED) is 0.573.